The number of halogens is 1. The van der Waals surface area contributed by atoms with Crippen LogP contribution in [0.25, 0.3) is 10.9 Å². The van der Waals surface area contributed by atoms with Crippen LogP contribution < -0.4 is 10.6 Å². The Morgan fingerprint density at radius 2 is 2.25 bits per heavy atom. The molecule has 0 unspecified atom stereocenters. The first-order valence-corrected chi connectivity index (χ1v) is 7.70. The van der Waals surface area contributed by atoms with Gasteiger partial charge in [-0.3, -0.25) is 4.99 Å². The number of aliphatic imine (C=N–C) groups is 1. The molecule has 0 bridgehead atoms. The highest BCUT2D eigenvalue weighted by Crippen LogP contribution is 2.19. The molecular weight excluding hydrogens is 309 g/mol. The zero-order valence-corrected chi connectivity index (χ0v) is 13.7. The molecule has 0 radical (unpaired) electrons. The van der Waals surface area contributed by atoms with E-state index in [1.807, 2.05) is 17.8 Å². The average molecular weight is 329 g/mol. The number of benzene rings is 1. The third-order valence-electron chi connectivity index (χ3n) is 3.86. The van der Waals surface area contributed by atoms with Gasteiger partial charge in [0.1, 0.15) is 12.1 Å². The van der Waals surface area contributed by atoms with Crippen LogP contribution in [0.1, 0.15) is 11.4 Å². The van der Waals surface area contributed by atoms with Gasteiger partial charge in [-0.1, -0.05) is 0 Å². The van der Waals surface area contributed by atoms with E-state index in [2.05, 4.69) is 30.8 Å². The van der Waals surface area contributed by atoms with Crippen molar-refractivity contribution in [3.8, 4) is 0 Å². The molecule has 0 aliphatic heterocycles. The number of rotatable bonds is 5. The number of aromatic amines is 1. The van der Waals surface area contributed by atoms with E-state index in [9.17, 15) is 4.39 Å². The Morgan fingerprint density at radius 1 is 1.38 bits per heavy atom. The summed E-state index contributed by atoms with van der Waals surface area (Å²) < 4.78 is 15.1. The van der Waals surface area contributed by atoms with Crippen molar-refractivity contribution in [2.45, 2.75) is 13.0 Å². The first-order valence-electron chi connectivity index (χ1n) is 7.70. The van der Waals surface area contributed by atoms with Crippen molar-refractivity contribution in [3.05, 3.63) is 47.9 Å². The third-order valence-corrected chi connectivity index (χ3v) is 3.86. The van der Waals surface area contributed by atoms with Crippen molar-refractivity contribution in [1.29, 1.82) is 0 Å². The number of aryl methyl sites for hydroxylation is 1. The van der Waals surface area contributed by atoms with Crippen LogP contribution in [0.4, 0.5) is 4.39 Å². The fraction of sp³-hybridized carbons (Fsp3) is 0.312. The van der Waals surface area contributed by atoms with Gasteiger partial charge in [-0.15, -0.1) is 10.2 Å². The Balaban J connectivity index is 1.53. The fourth-order valence-corrected chi connectivity index (χ4v) is 2.53. The van der Waals surface area contributed by atoms with Crippen molar-refractivity contribution in [1.82, 2.24) is 30.4 Å². The molecule has 126 valence electrons. The van der Waals surface area contributed by atoms with Crippen LogP contribution in [0, 0.1) is 5.82 Å². The minimum atomic E-state index is -0.234. The maximum absolute atomic E-state index is 13.2. The van der Waals surface area contributed by atoms with Crippen molar-refractivity contribution in [2.24, 2.45) is 12.0 Å². The summed E-state index contributed by atoms with van der Waals surface area (Å²) in [5.74, 6) is 1.29. The van der Waals surface area contributed by atoms with Crippen molar-refractivity contribution >= 4 is 16.9 Å². The first-order chi connectivity index (χ1) is 11.7. The molecule has 24 heavy (non-hydrogen) atoms. The minimum absolute atomic E-state index is 0.234. The third kappa shape index (κ3) is 3.53. The first kappa shape index (κ1) is 16.0. The number of fused-ring (bicyclic) bond motifs is 1. The summed E-state index contributed by atoms with van der Waals surface area (Å²) in [7, 11) is 3.62. The molecule has 7 nitrogen and oxygen atoms in total. The normalized spacial score (nSPS) is 11.9. The molecule has 0 aliphatic carbocycles. The topological polar surface area (TPSA) is 82.9 Å². The largest absolute Gasteiger partial charge is 0.361 e. The Labute approximate surface area is 139 Å². The quantitative estimate of drug-likeness (QED) is 0.487. The van der Waals surface area contributed by atoms with E-state index in [-0.39, 0.29) is 5.82 Å². The standard InChI is InChI=1S/C16H20FN7/c1-18-16(21-9-15-23-22-10-24(15)2)19-6-5-11-8-20-14-7-12(17)3-4-13(11)14/h3-4,7-8,10,20H,5-6,9H2,1-2H3,(H2,18,19,21). The van der Waals surface area contributed by atoms with Crippen LogP contribution in [0.3, 0.4) is 0 Å². The van der Waals surface area contributed by atoms with Crippen LogP contribution >= 0.6 is 0 Å². The second-order valence-electron chi connectivity index (χ2n) is 5.46. The summed E-state index contributed by atoms with van der Waals surface area (Å²) in [5, 5.41) is 15.4. The van der Waals surface area contributed by atoms with E-state index in [1.54, 1.807) is 19.4 Å². The molecular formula is C16H20FN7. The number of H-pyrrole nitrogens is 1. The van der Waals surface area contributed by atoms with Gasteiger partial charge in [0.2, 0.25) is 0 Å². The van der Waals surface area contributed by atoms with Crippen LogP contribution in [0.5, 0.6) is 0 Å². The van der Waals surface area contributed by atoms with Crippen LogP contribution in [-0.4, -0.2) is 39.3 Å². The van der Waals surface area contributed by atoms with E-state index in [4.69, 9.17) is 0 Å². The van der Waals surface area contributed by atoms with Crippen molar-refractivity contribution in [3.63, 3.8) is 0 Å². The maximum Gasteiger partial charge on any atom is 0.191 e. The van der Waals surface area contributed by atoms with Crippen molar-refractivity contribution < 1.29 is 4.39 Å². The lowest BCUT2D eigenvalue weighted by Crippen LogP contribution is -2.38. The lowest BCUT2D eigenvalue weighted by molar-refractivity contribution is 0.629. The molecule has 0 aliphatic rings. The summed E-state index contributed by atoms with van der Waals surface area (Å²) in [6.45, 7) is 1.26. The van der Waals surface area contributed by atoms with Gasteiger partial charge in [-0.25, -0.2) is 4.39 Å². The fourth-order valence-electron chi connectivity index (χ4n) is 2.53. The molecule has 0 saturated heterocycles. The molecule has 3 N–H and O–H groups in total. The molecule has 2 aromatic heterocycles. The van der Waals surface area contributed by atoms with Gasteiger partial charge in [-0.05, 0) is 30.2 Å². The SMILES string of the molecule is CN=C(NCCc1c[nH]c2cc(F)ccc12)NCc1nncn1C. The molecule has 8 heteroatoms. The van der Waals surface area contributed by atoms with E-state index < -0.39 is 0 Å². The van der Waals surface area contributed by atoms with E-state index in [0.29, 0.717) is 19.0 Å². The van der Waals surface area contributed by atoms with E-state index >= 15 is 0 Å². The molecule has 0 amide bonds. The Kier molecular flexibility index (Phi) is 4.74. The molecule has 3 aromatic rings. The summed E-state index contributed by atoms with van der Waals surface area (Å²) in [6, 6.07) is 4.79. The summed E-state index contributed by atoms with van der Waals surface area (Å²) in [5.41, 5.74) is 1.95. The molecule has 0 atom stereocenters. The van der Waals surface area contributed by atoms with Crippen molar-refractivity contribution in [2.75, 3.05) is 13.6 Å². The Bertz CT molecular complexity index is 849. The number of nitrogens with zero attached hydrogens (tertiary/aromatic N) is 4. The zero-order chi connectivity index (χ0) is 16.9. The van der Waals surface area contributed by atoms with Gasteiger partial charge >= 0.3 is 0 Å². The second-order valence-corrected chi connectivity index (χ2v) is 5.46. The Morgan fingerprint density at radius 3 is 3.00 bits per heavy atom. The maximum atomic E-state index is 13.2. The smallest absolute Gasteiger partial charge is 0.191 e. The van der Waals surface area contributed by atoms with Gasteiger partial charge in [-0.2, -0.15) is 0 Å². The lowest BCUT2D eigenvalue weighted by atomic mass is 10.1. The monoisotopic (exact) mass is 329 g/mol. The number of aromatic nitrogens is 4. The minimum Gasteiger partial charge on any atom is -0.361 e. The predicted molar refractivity (Wildman–Crippen MR) is 91.2 cm³/mol. The molecule has 0 saturated carbocycles. The Hall–Kier alpha value is -2.90. The van der Waals surface area contributed by atoms with Gasteiger partial charge in [0.05, 0.1) is 6.54 Å². The summed E-state index contributed by atoms with van der Waals surface area (Å²) in [6.07, 6.45) is 4.38. The lowest BCUT2D eigenvalue weighted by Gasteiger charge is -2.11. The molecule has 0 spiro atoms. The zero-order valence-electron chi connectivity index (χ0n) is 13.7. The predicted octanol–water partition coefficient (Wildman–Crippen LogP) is 1.34. The molecule has 2 heterocycles. The summed E-state index contributed by atoms with van der Waals surface area (Å²) >= 11 is 0. The molecule has 0 fully saturated rings. The van der Waals surface area contributed by atoms with Crippen LogP contribution in [0.15, 0.2) is 35.7 Å². The number of nitrogens with one attached hydrogen (secondary N) is 3. The molecule has 1 aromatic carbocycles. The number of hydrogen-bond donors (Lipinski definition) is 3. The number of guanidine groups is 1. The second kappa shape index (κ2) is 7.12. The number of hydrogen-bond acceptors (Lipinski definition) is 3. The van der Waals surface area contributed by atoms with E-state index in [0.717, 1.165) is 28.7 Å². The summed E-state index contributed by atoms with van der Waals surface area (Å²) in [4.78, 5) is 7.29. The highest BCUT2D eigenvalue weighted by Gasteiger charge is 2.06. The molecule has 3 rings (SSSR count). The van der Waals surface area contributed by atoms with Crippen LogP contribution in [-0.2, 0) is 20.0 Å². The van der Waals surface area contributed by atoms with Gasteiger partial charge < -0.3 is 20.2 Å². The van der Waals surface area contributed by atoms with E-state index in [1.165, 1.54) is 12.1 Å². The van der Waals surface area contributed by atoms with Gasteiger partial charge in [0, 0.05) is 37.7 Å². The van der Waals surface area contributed by atoms with Crippen LogP contribution in [0.2, 0.25) is 0 Å². The van der Waals surface area contributed by atoms with Gasteiger partial charge in [0.15, 0.2) is 11.8 Å². The highest BCUT2D eigenvalue weighted by molar-refractivity contribution is 5.83. The van der Waals surface area contributed by atoms with Gasteiger partial charge in [0.25, 0.3) is 0 Å². The average Bonchev–Trinajstić information content (AvgIpc) is 3.16. The highest BCUT2D eigenvalue weighted by atomic mass is 19.1.